The Morgan fingerprint density at radius 2 is 2.12 bits per heavy atom. The molecule has 1 N–H and O–H groups in total. The number of rotatable bonds is 4. The number of nitrogens with zero attached hydrogens (tertiary/aromatic N) is 5. The number of nitrogens with one attached hydrogen (secondary N) is 1. The Kier molecular flexibility index (Phi) is 3.39. The highest BCUT2D eigenvalue weighted by Crippen LogP contribution is 1.93. The molecule has 2 heterocycles. The summed E-state index contributed by atoms with van der Waals surface area (Å²) in [6.45, 7) is 2.39. The van der Waals surface area contributed by atoms with E-state index in [1.807, 2.05) is 6.92 Å². The van der Waals surface area contributed by atoms with Crippen LogP contribution in [-0.2, 0) is 6.54 Å². The van der Waals surface area contributed by atoms with Crippen LogP contribution >= 0.6 is 0 Å². The Labute approximate surface area is 97.9 Å². The fourth-order valence-electron chi connectivity index (χ4n) is 1.34. The summed E-state index contributed by atoms with van der Waals surface area (Å²) in [7, 11) is 0. The van der Waals surface area contributed by atoms with Crippen molar-refractivity contribution in [2.24, 2.45) is 0 Å². The maximum Gasteiger partial charge on any atom is 0.271 e. The van der Waals surface area contributed by atoms with Crippen LogP contribution in [0.1, 0.15) is 17.4 Å². The van der Waals surface area contributed by atoms with Gasteiger partial charge in [-0.2, -0.15) is 15.0 Å². The molecule has 7 nitrogen and oxygen atoms in total. The quantitative estimate of drug-likeness (QED) is 0.794. The lowest BCUT2D eigenvalue weighted by Gasteiger charge is -2.12. The van der Waals surface area contributed by atoms with Crippen molar-refractivity contribution in [1.82, 2.24) is 30.3 Å². The molecule has 0 aliphatic heterocycles. The summed E-state index contributed by atoms with van der Waals surface area (Å²) in [4.78, 5) is 21.0. The summed E-state index contributed by atoms with van der Waals surface area (Å²) >= 11 is 0. The molecule has 0 aliphatic carbocycles. The molecular weight excluding hydrogens is 220 g/mol. The first kappa shape index (κ1) is 11.2. The maximum atomic E-state index is 11.7. The van der Waals surface area contributed by atoms with Gasteiger partial charge in [-0.25, -0.2) is 4.98 Å². The average Bonchev–Trinajstić information content (AvgIpc) is 2.82. The van der Waals surface area contributed by atoms with Crippen LogP contribution in [0.5, 0.6) is 0 Å². The monoisotopic (exact) mass is 232 g/mol. The first-order chi connectivity index (χ1) is 8.25. The molecule has 7 heteroatoms. The summed E-state index contributed by atoms with van der Waals surface area (Å²) in [5.41, 5.74) is 0.299. The van der Waals surface area contributed by atoms with Gasteiger partial charge in [0.1, 0.15) is 5.69 Å². The van der Waals surface area contributed by atoms with Crippen LogP contribution in [0.15, 0.2) is 31.0 Å². The summed E-state index contributed by atoms with van der Waals surface area (Å²) in [5, 5.41) is 10.7. The zero-order valence-corrected chi connectivity index (χ0v) is 9.32. The second-order valence-electron chi connectivity index (χ2n) is 3.55. The fraction of sp³-hybridized carbons (Fsp3) is 0.300. The van der Waals surface area contributed by atoms with Crippen molar-refractivity contribution in [3.05, 3.63) is 36.7 Å². The molecule has 0 saturated heterocycles. The average molecular weight is 232 g/mol. The maximum absolute atomic E-state index is 11.7. The van der Waals surface area contributed by atoms with Crippen LogP contribution in [0.4, 0.5) is 0 Å². The minimum atomic E-state index is -0.252. The van der Waals surface area contributed by atoms with Gasteiger partial charge >= 0.3 is 0 Å². The number of carbonyl (C=O) groups excluding carboxylic acids is 1. The van der Waals surface area contributed by atoms with Gasteiger partial charge in [0.25, 0.3) is 5.91 Å². The lowest BCUT2D eigenvalue weighted by Crippen LogP contribution is -2.36. The Morgan fingerprint density at radius 3 is 2.76 bits per heavy atom. The van der Waals surface area contributed by atoms with Crippen molar-refractivity contribution in [1.29, 1.82) is 0 Å². The second-order valence-corrected chi connectivity index (χ2v) is 3.55. The van der Waals surface area contributed by atoms with Crippen LogP contribution in [0.3, 0.4) is 0 Å². The van der Waals surface area contributed by atoms with Gasteiger partial charge in [-0.3, -0.25) is 9.78 Å². The largest absolute Gasteiger partial charge is 0.346 e. The highest BCUT2D eigenvalue weighted by atomic mass is 16.1. The zero-order valence-electron chi connectivity index (χ0n) is 9.32. The molecule has 1 amide bonds. The summed E-state index contributed by atoms with van der Waals surface area (Å²) in [6, 6.07) is -0.0862. The Balaban J connectivity index is 1.91. The van der Waals surface area contributed by atoms with E-state index in [-0.39, 0.29) is 11.9 Å². The molecule has 0 fully saturated rings. The molecule has 2 rings (SSSR count). The topological polar surface area (TPSA) is 85.6 Å². The van der Waals surface area contributed by atoms with Gasteiger partial charge in [0, 0.05) is 18.4 Å². The molecule has 0 bridgehead atoms. The van der Waals surface area contributed by atoms with Gasteiger partial charge in [0.2, 0.25) is 0 Å². The lowest BCUT2D eigenvalue weighted by molar-refractivity contribution is 0.0929. The van der Waals surface area contributed by atoms with Crippen LogP contribution in [0.2, 0.25) is 0 Å². The van der Waals surface area contributed by atoms with E-state index >= 15 is 0 Å². The van der Waals surface area contributed by atoms with Crippen molar-refractivity contribution in [2.75, 3.05) is 0 Å². The molecule has 0 unspecified atom stereocenters. The van der Waals surface area contributed by atoms with E-state index in [9.17, 15) is 4.79 Å². The van der Waals surface area contributed by atoms with Crippen molar-refractivity contribution in [3.63, 3.8) is 0 Å². The number of hydrogen-bond acceptors (Lipinski definition) is 5. The molecule has 0 aromatic carbocycles. The van der Waals surface area contributed by atoms with Crippen molar-refractivity contribution in [2.45, 2.75) is 19.5 Å². The predicted molar refractivity (Wildman–Crippen MR) is 59.0 cm³/mol. The normalized spacial score (nSPS) is 12.1. The minimum absolute atomic E-state index is 0.0862. The first-order valence-corrected chi connectivity index (χ1v) is 5.16. The highest BCUT2D eigenvalue weighted by Gasteiger charge is 2.11. The van der Waals surface area contributed by atoms with Gasteiger partial charge < -0.3 is 5.32 Å². The van der Waals surface area contributed by atoms with Crippen LogP contribution < -0.4 is 5.32 Å². The van der Waals surface area contributed by atoms with E-state index in [0.29, 0.717) is 12.2 Å². The molecule has 0 saturated carbocycles. The van der Waals surface area contributed by atoms with Gasteiger partial charge in [-0.1, -0.05) is 0 Å². The lowest BCUT2D eigenvalue weighted by atomic mass is 10.3. The third kappa shape index (κ3) is 3.07. The van der Waals surface area contributed by atoms with E-state index in [0.717, 1.165) is 0 Å². The number of amides is 1. The smallest absolute Gasteiger partial charge is 0.271 e. The third-order valence-electron chi connectivity index (χ3n) is 2.08. The van der Waals surface area contributed by atoms with Gasteiger partial charge in [-0.05, 0) is 6.92 Å². The minimum Gasteiger partial charge on any atom is -0.346 e. The SMILES string of the molecule is C[C@H](Cn1nccn1)NC(=O)c1cnccn1. The Hall–Kier alpha value is -2.31. The van der Waals surface area contributed by atoms with Crippen molar-refractivity contribution < 1.29 is 4.79 Å². The molecular formula is C10H12N6O. The number of aromatic nitrogens is 5. The molecule has 88 valence electrons. The summed E-state index contributed by atoms with van der Waals surface area (Å²) < 4.78 is 0. The number of carbonyl (C=O) groups is 1. The van der Waals surface area contributed by atoms with E-state index in [4.69, 9.17) is 0 Å². The van der Waals surface area contributed by atoms with Crippen LogP contribution in [0.25, 0.3) is 0 Å². The first-order valence-electron chi connectivity index (χ1n) is 5.16. The molecule has 0 spiro atoms. The molecule has 0 radical (unpaired) electrons. The van der Waals surface area contributed by atoms with E-state index in [1.54, 1.807) is 12.4 Å². The van der Waals surface area contributed by atoms with E-state index < -0.39 is 0 Å². The Bertz CT molecular complexity index is 469. The zero-order chi connectivity index (χ0) is 12.1. The van der Waals surface area contributed by atoms with Crippen LogP contribution in [-0.4, -0.2) is 36.9 Å². The third-order valence-corrected chi connectivity index (χ3v) is 2.08. The summed E-state index contributed by atoms with van der Waals surface area (Å²) in [5.74, 6) is -0.252. The molecule has 2 aromatic heterocycles. The molecule has 2 aromatic rings. The van der Waals surface area contributed by atoms with Gasteiger partial charge in [0.05, 0.1) is 25.1 Å². The number of hydrogen-bond donors (Lipinski definition) is 1. The second kappa shape index (κ2) is 5.15. The predicted octanol–water partition coefficient (Wildman–Crippen LogP) is -0.113. The fourth-order valence-corrected chi connectivity index (χ4v) is 1.34. The van der Waals surface area contributed by atoms with E-state index in [2.05, 4.69) is 25.5 Å². The summed E-state index contributed by atoms with van der Waals surface area (Å²) in [6.07, 6.45) is 7.62. The molecule has 1 atom stereocenters. The molecule has 17 heavy (non-hydrogen) atoms. The van der Waals surface area contributed by atoms with E-state index in [1.165, 1.54) is 23.4 Å². The highest BCUT2D eigenvalue weighted by molar-refractivity contribution is 5.92. The Morgan fingerprint density at radius 1 is 1.35 bits per heavy atom. The standard InChI is InChI=1S/C10H12N6O/c1-8(7-16-13-4-5-14-16)15-10(17)9-6-11-2-3-12-9/h2-6,8H,7H2,1H3,(H,15,17)/t8-/m1/s1. The van der Waals surface area contributed by atoms with Crippen molar-refractivity contribution in [3.8, 4) is 0 Å². The molecule has 0 aliphatic rings. The van der Waals surface area contributed by atoms with Gasteiger partial charge in [-0.15, -0.1) is 0 Å². The van der Waals surface area contributed by atoms with Crippen LogP contribution in [0, 0.1) is 0 Å². The van der Waals surface area contributed by atoms with Gasteiger partial charge in [0.15, 0.2) is 0 Å². The van der Waals surface area contributed by atoms with Crippen molar-refractivity contribution >= 4 is 5.91 Å².